The number of nitrogens with zero attached hydrogens (tertiary/aromatic N) is 7. The normalized spacial score (nSPS) is 12.7. The maximum absolute atomic E-state index is 13.7. The standard InChI is InChI=1S/C16H11Cl2N7O4S4/c1-8-6-30-15-19-13(21-23(8)15)32(26,27)25(12-10(17)4-3-5-11(12)18)33(28,29)14-20-16-24(22-14)9(2)7-31-16/h3-7H,1-2H3. The Kier molecular flexibility index (Phi) is 5.19. The number of thiazole rings is 2. The number of aryl methyl sites for hydroxylation is 2. The smallest absolute Gasteiger partial charge is 0.207 e. The lowest BCUT2D eigenvalue weighted by atomic mass is 10.3. The predicted octanol–water partition coefficient (Wildman–Crippen LogP) is 3.40. The first-order valence-corrected chi connectivity index (χ1v) is 14.3. The fourth-order valence-electron chi connectivity index (χ4n) is 2.95. The summed E-state index contributed by atoms with van der Waals surface area (Å²) in [6.07, 6.45) is 0. The molecule has 0 radical (unpaired) electrons. The van der Waals surface area contributed by atoms with Crippen molar-refractivity contribution >= 4 is 81.5 Å². The van der Waals surface area contributed by atoms with Gasteiger partial charge < -0.3 is 0 Å². The van der Waals surface area contributed by atoms with Gasteiger partial charge in [0.1, 0.15) is 5.69 Å². The van der Waals surface area contributed by atoms with E-state index in [0.717, 1.165) is 22.7 Å². The van der Waals surface area contributed by atoms with Crippen molar-refractivity contribution in [2.45, 2.75) is 24.2 Å². The summed E-state index contributed by atoms with van der Waals surface area (Å²) in [6.45, 7) is 3.41. The zero-order valence-electron chi connectivity index (χ0n) is 16.5. The molecule has 0 bridgehead atoms. The van der Waals surface area contributed by atoms with Crippen molar-refractivity contribution in [2.75, 3.05) is 3.71 Å². The van der Waals surface area contributed by atoms with Crippen LogP contribution in [-0.2, 0) is 20.0 Å². The third kappa shape index (κ3) is 3.41. The van der Waals surface area contributed by atoms with Crippen molar-refractivity contribution in [1.29, 1.82) is 0 Å². The van der Waals surface area contributed by atoms with Crippen LogP contribution in [0.1, 0.15) is 11.4 Å². The van der Waals surface area contributed by atoms with Gasteiger partial charge in [0.15, 0.2) is 0 Å². The molecule has 0 amide bonds. The lowest BCUT2D eigenvalue weighted by Gasteiger charge is -2.22. The second-order valence-corrected chi connectivity index (χ2v) is 12.8. The first kappa shape index (κ1) is 22.5. The summed E-state index contributed by atoms with van der Waals surface area (Å²) in [7, 11) is -9.86. The van der Waals surface area contributed by atoms with Crippen LogP contribution in [-0.4, -0.2) is 46.0 Å². The average Bonchev–Trinajstić information content (AvgIpc) is 3.49. The van der Waals surface area contributed by atoms with Gasteiger partial charge in [-0.2, -0.15) is 26.8 Å². The van der Waals surface area contributed by atoms with Crippen LogP contribution in [0.15, 0.2) is 39.3 Å². The molecule has 172 valence electrons. The highest BCUT2D eigenvalue weighted by atomic mass is 35.5. The Bertz CT molecular complexity index is 1640. The van der Waals surface area contributed by atoms with Crippen LogP contribution in [0.5, 0.6) is 0 Å². The zero-order chi connectivity index (χ0) is 23.7. The van der Waals surface area contributed by atoms with Gasteiger partial charge in [-0.05, 0) is 26.0 Å². The quantitative estimate of drug-likeness (QED) is 0.317. The number of fused-ring (bicyclic) bond motifs is 2. The van der Waals surface area contributed by atoms with Crippen molar-refractivity contribution in [2.24, 2.45) is 0 Å². The number of para-hydroxylation sites is 1. The van der Waals surface area contributed by atoms with E-state index < -0.39 is 36.0 Å². The number of hydrogen-bond donors (Lipinski definition) is 0. The SMILES string of the molecule is Cc1csc2nc(S(=O)(=O)N(c3c(Cl)cccc3Cl)S(=O)(=O)c3nc4scc(C)n4n3)nn12. The van der Waals surface area contributed by atoms with E-state index in [2.05, 4.69) is 20.2 Å². The molecule has 4 heterocycles. The van der Waals surface area contributed by atoms with Gasteiger partial charge in [0.05, 0.1) is 21.4 Å². The summed E-state index contributed by atoms with van der Waals surface area (Å²) in [4.78, 5) is 8.56. The van der Waals surface area contributed by atoms with Gasteiger partial charge in [-0.15, -0.1) is 36.6 Å². The molecule has 0 saturated carbocycles. The Morgan fingerprint density at radius 3 is 1.64 bits per heavy atom. The van der Waals surface area contributed by atoms with Crippen LogP contribution in [0.25, 0.3) is 9.92 Å². The van der Waals surface area contributed by atoms with Crippen molar-refractivity contribution < 1.29 is 16.8 Å². The van der Waals surface area contributed by atoms with Crippen LogP contribution in [0, 0.1) is 13.8 Å². The lowest BCUT2D eigenvalue weighted by Crippen LogP contribution is -2.38. The molecule has 0 saturated heterocycles. The van der Waals surface area contributed by atoms with Crippen LogP contribution >= 0.6 is 45.9 Å². The van der Waals surface area contributed by atoms with Gasteiger partial charge in [0.25, 0.3) is 10.3 Å². The summed E-state index contributed by atoms with van der Waals surface area (Å²) >= 11 is 14.8. The number of rotatable bonds is 5. The van der Waals surface area contributed by atoms with Crippen LogP contribution in [0.4, 0.5) is 5.69 Å². The fourth-order valence-corrected chi connectivity index (χ4v) is 8.81. The lowest BCUT2D eigenvalue weighted by molar-refractivity contribution is 0.574. The summed E-state index contributed by atoms with van der Waals surface area (Å²) in [6, 6.07) is 4.08. The van der Waals surface area contributed by atoms with Crippen molar-refractivity contribution in [1.82, 2.24) is 29.2 Å². The third-order valence-electron chi connectivity index (χ3n) is 4.47. The molecule has 0 unspecified atom stereocenters. The average molecular weight is 564 g/mol. The summed E-state index contributed by atoms with van der Waals surface area (Å²) in [5, 5.41) is 9.53. The van der Waals surface area contributed by atoms with E-state index in [9.17, 15) is 16.8 Å². The third-order valence-corrected chi connectivity index (χ3v) is 10.6. The van der Waals surface area contributed by atoms with E-state index >= 15 is 0 Å². The second kappa shape index (κ2) is 7.61. The highest BCUT2D eigenvalue weighted by Crippen LogP contribution is 2.39. The molecule has 4 aromatic heterocycles. The van der Waals surface area contributed by atoms with Gasteiger partial charge >= 0.3 is 20.0 Å². The number of sulfonamides is 2. The molecule has 11 nitrogen and oxygen atoms in total. The van der Waals surface area contributed by atoms with E-state index in [4.69, 9.17) is 23.2 Å². The first-order valence-electron chi connectivity index (χ1n) is 8.88. The van der Waals surface area contributed by atoms with Crippen LogP contribution in [0.3, 0.4) is 0 Å². The number of hydrogen-bond acceptors (Lipinski definition) is 10. The molecule has 0 aliphatic rings. The Balaban J connectivity index is 1.79. The van der Waals surface area contributed by atoms with Gasteiger partial charge in [0.2, 0.25) is 9.92 Å². The molecule has 0 aliphatic heterocycles. The minimum absolute atomic E-state index is 0.0915. The monoisotopic (exact) mass is 563 g/mol. The van der Waals surface area contributed by atoms with E-state index in [1.807, 2.05) is 0 Å². The molecule has 0 atom stereocenters. The summed E-state index contributed by atoms with van der Waals surface area (Å²) in [5.41, 5.74) is 0.770. The van der Waals surface area contributed by atoms with Gasteiger partial charge in [0, 0.05) is 10.8 Å². The van der Waals surface area contributed by atoms with Gasteiger partial charge in [-0.3, -0.25) is 0 Å². The Labute approximate surface area is 204 Å². The Morgan fingerprint density at radius 2 is 1.24 bits per heavy atom. The molecule has 1 aromatic carbocycles. The minimum Gasteiger partial charge on any atom is -0.207 e. The predicted molar refractivity (Wildman–Crippen MR) is 125 cm³/mol. The highest BCUT2D eigenvalue weighted by molar-refractivity contribution is 8.10. The largest absolute Gasteiger partial charge is 0.315 e. The fraction of sp³-hybridized carbons (Fsp3) is 0.125. The van der Waals surface area contributed by atoms with E-state index in [1.165, 1.54) is 27.2 Å². The summed E-state index contributed by atoms with van der Waals surface area (Å²) in [5.74, 6) is 0. The van der Waals surface area contributed by atoms with E-state index in [0.29, 0.717) is 11.4 Å². The van der Waals surface area contributed by atoms with E-state index in [1.54, 1.807) is 24.6 Å². The van der Waals surface area contributed by atoms with Crippen molar-refractivity contribution in [3.05, 3.63) is 50.4 Å². The molecule has 33 heavy (non-hydrogen) atoms. The van der Waals surface area contributed by atoms with Gasteiger partial charge in [-0.1, -0.05) is 29.3 Å². The van der Waals surface area contributed by atoms with Gasteiger partial charge in [-0.25, -0.2) is 9.03 Å². The molecule has 0 spiro atoms. The molecule has 5 aromatic rings. The summed E-state index contributed by atoms with van der Waals surface area (Å²) < 4.78 is 57.5. The topological polar surface area (TPSA) is 132 Å². The number of benzene rings is 1. The molecule has 5 rings (SSSR count). The minimum atomic E-state index is -4.93. The molecule has 17 heteroatoms. The van der Waals surface area contributed by atoms with E-state index in [-0.39, 0.29) is 23.7 Å². The van der Waals surface area contributed by atoms with Crippen LogP contribution < -0.4 is 3.71 Å². The maximum Gasteiger partial charge on any atom is 0.315 e. The molecular formula is C16H11Cl2N7O4S4. The maximum atomic E-state index is 13.7. The molecule has 0 N–H and O–H groups in total. The van der Waals surface area contributed by atoms with Crippen molar-refractivity contribution in [3.8, 4) is 0 Å². The highest BCUT2D eigenvalue weighted by Gasteiger charge is 2.44. The number of halogens is 2. The Morgan fingerprint density at radius 1 is 0.818 bits per heavy atom. The second-order valence-electron chi connectivity index (χ2n) is 6.71. The number of anilines is 1. The zero-order valence-corrected chi connectivity index (χ0v) is 21.3. The molecule has 0 aliphatic carbocycles. The molecular weight excluding hydrogens is 553 g/mol. The Hall–Kier alpha value is -2.30. The molecule has 0 fully saturated rings. The van der Waals surface area contributed by atoms with Crippen LogP contribution in [0.2, 0.25) is 10.0 Å². The first-order chi connectivity index (χ1) is 15.5. The number of aromatic nitrogens is 6. The van der Waals surface area contributed by atoms with Crippen molar-refractivity contribution in [3.63, 3.8) is 0 Å².